The van der Waals surface area contributed by atoms with E-state index in [1.165, 1.54) is 5.56 Å². The molecule has 0 amide bonds. The maximum atomic E-state index is 9.98. The lowest BCUT2D eigenvalue weighted by atomic mass is 9.96. The standard InChI is InChI=1S/C14H21NO/c1-2-13-14(16)9-6-10-15(13)11-12-7-4-3-5-8-12/h3-5,7-8,13-14,16H,2,6,9-11H2,1H3. The van der Waals surface area contributed by atoms with E-state index in [2.05, 4.69) is 36.1 Å². The quantitative estimate of drug-likeness (QED) is 0.844. The van der Waals surface area contributed by atoms with E-state index in [4.69, 9.17) is 0 Å². The van der Waals surface area contributed by atoms with Crippen molar-refractivity contribution in [2.45, 2.75) is 44.9 Å². The van der Waals surface area contributed by atoms with Crippen LogP contribution in [0.4, 0.5) is 0 Å². The van der Waals surface area contributed by atoms with Crippen LogP contribution >= 0.6 is 0 Å². The highest BCUT2D eigenvalue weighted by Gasteiger charge is 2.28. The molecule has 0 spiro atoms. The molecule has 1 saturated heterocycles. The monoisotopic (exact) mass is 219 g/mol. The molecule has 1 fully saturated rings. The van der Waals surface area contributed by atoms with Crippen molar-refractivity contribution >= 4 is 0 Å². The Kier molecular flexibility index (Phi) is 3.97. The number of hydrogen-bond donors (Lipinski definition) is 1. The van der Waals surface area contributed by atoms with Gasteiger partial charge >= 0.3 is 0 Å². The molecule has 1 aromatic carbocycles. The molecule has 0 radical (unpaired) electrons. The summed E-state index contributed by atoms with van der Waals surface area (Å²) in [4.78, 5) is 2.42. The Balaban J connectivity index is 2.02. The fourth-order valence-electron chi connectivity index (χ4n) is 2.65. The van der Waals surface area contributed by atoms with Crippen LogP contribution in [0.1, 0.15) is 31.7 Å². The van der Waals surface area contributed by atoms with E-state index < -0.39 is 0 Å². The summed E-state index contributed by atoms with van der Waals surface area (Å²) in [5.41, 5.74) is 1.34. The minimum absolute atomic E-state index is 0.137. The molecule has 16 heavy (non-hydrogen) atoms. The first-order valence-corrected chi connectivity index (χ1v) is 6.27. The predicted molar refractivity (Wildman–Crippen MR) is 66.2 cm³/mol. The van der Waals surface area contributed by atoms with Gasteiger partial charge in [0.2, 0.25) is 0 Å². The van der Waals surface area contributed by atoms with Gasteiger partial charge in [0.15, 0.2) is 0 Å². The van der Waals surface area contributed by atoms with Crippen molar-refractivity contribution in [3.63, 3.8) is 0 Å². The van der Waals surface area contributed by atoms with Gasteiger partial charge in [-0.05, 0) is 31.4 Å². The van der Waals surface area contributed by atoms with Crippen LogP contribution in [0.25, 0.3) is 0 Å². The van der Waals surface area contributed by atoms with Crippen LogP contribution in [-0.4, -0.2) is 28.7 Å². The Morgan fingerprint density at radius 1 is 1.31 bits per heavy atom. The minimum Gasteiger partial charge on any atom is -0.391 e. The summed E-state index contributed by atoms with van der Waals surface area (Å²) in [6.45, 7) is 4.25. The fourth-order valence-corrected chi connectivity index (χ4v) is 2.65. The molecule has 1 aliphatic heterocycles. The van der Waals surface area contributed by atoms with Gasteiger partial charge in [-0.15, -0.1) is 0 Å². The number of nitrogens with zero attached hydrogens (tertiary/aromatic N) is 1. The average Bonchev–Trinajstić information content (AvgIpc) is 2.31. The summed E-state index contributed by atoms with van der Waals surface area (Å²) in [6, 6.07) is 10.9. The molecule has 2 heteroatoms. The van der Waals surface area contributed by atoms with Crippen molar-refractivity contribution in [3.05, 3.63) is 35.9 Å². The van der Waals surface area contributed by atoms with Crippen LogP contribution < -0.4 is 0 Å². The van der Waals surface area contributed by atoms with E-state index in [1.807, 2.05) is 6.07 Å². The van der Waals surface area contributed by atoms with Gasteiger partial charge in [0.05, 0.1) is 6.10 Å². The Bertz CT molecular complexity index is 312. The lowest BCUT2D eigenvalue weighted by Gasteiger charge is -2.38. The first-order chi connectivity index (χ1) is 7.81. The largest absolute Gasteiger partial charge is 0.391 e. The van der Waals surface area contributed by atoms with Gasteiger partial charge in [-0.25, -0.2) is 0 Å². The van der Waals surface area contributed by atoms with Gasteiger partial charge in [0, 0.05) is 12.6 Å². The summed E-state index contributed by atoms with van der Waals surface area (Å²) in [6.07, 6.45) is 2.98. The molecule has 2 nitrogen and oxygen atoms in total. The highest BCUT2D eigenvalue weighted by molar-refractivity contribution is 5.14. The van der Waals surface area contributed by atoms with Crippen molar-refractivity contribution in [1.29, 1.82) is 0 Å². The van der Waals surface area contributed by atoms with Gasteiger partial charge in [0.25, 0.3) is 0 Å². The van der Waals surface area contributed by atoms with Gasteiger partial charge in [-0.1, -0.05) is 37.3 Å². The zero-order chi connectivity index (χ0) is 11.4. The summed E-state index contributed by atoms with van der Waals surface area (Å²) < 4.78 is 0. The number of likely N-dealkylation sites (tertiary alicyclic amines) is 1. The van der Waals surface area contributed by atoms with Crippen molar-refractivity contribution in [2.75, 3.05) is 6.54 Å². The number of rotatable bonds is 3. The maximum Gasteiger partial charge on any atom is 0.0695 e. The lowest BCUT2D eigenvalue weighted by molar-refractivity contribution is 0.00483. The fraction of sp³-hybridized carbons (Fsp3) is 0.571. The first kappa shape index (κ1) is 11.6. The second-order valence-corrected chi connectivity index (χ2v) is 4.64. The molecule has 0 saturated carbocycles. The van der Waals surface area contributed by atoms with Crippen molar-refractivity contribution in [3.8, 4) is 0 Å². The van der Waals surface area contributed by atoms with Gasteiger partial charge in [-0.3, -0.25) is 4.90 Å². The topological polar surface area (TPSA) is 23.5 Å². The molecular formula is C14H21NO. The normalized spacial score (nSPS) is 26.9. The number of aliphatic hydroxyl groups is 1. The molecule has 0 aliphatic carbocycles. The van der Waals surface area contributed by atoms with Gasteiger partial charge in [-0.2, -0.15) is 0 Å². The Morgan fingerprint density at radius 3 is 2.75 bits per heavy atom. The lowest BCUT2D eigenvalue weighted by Crippen LogP contribution is -2.47. The highest BCUT2D eigenvalue weighted by atomic mass is 16.3. The number of hydrogen-bond acceptors (Lipinski definition) is 2. The van der Waals surface area contributed by atoms with Crippen LogP contribution in [0.15, 0.2) is 30.3 Å². The molecular weight excluding hydrogens is 198 g/mol. The van der Waals surface area contributed by atoms with Crippen molar-refractivity contribution < 1.29 is 5.11 Å². The molecule has 2 atom stereocenters. The summed E-state index contributed by atoms with van der Waals surface area (Å²) in [5.74, 6) is 0. The van der Waals surface area contributed by atoms with Gasteiger partial charge < -0.3 is 5.11 Å². The van der Waals surface area contributed by atoms with E-state index in [9.17, 15) is 5.11 Å². The highest BCUT2D eigenvalue weighted by Crippen LogP contribution is 2.22. The predicted octanol–water partition coefficient (Wildman–Crippen LogP) is 2.42. The maximum absolute atomic E-state index is 9.98. The first-order valence-electron chi connectivity index (χ1n) is 6.27. The van der Waals surface area contributed by atoms with E-state index >= 15 is 0 Å². The van der Waals surface area contributed by atoms with Gasteiger partial charge in [0.1, 0.15) is 0 Å². The van der Waals surface area contributed by atoms with Crippen LogP contribution in [0, 0.1) is 0 Å². The molecule has 88 valence electrons. The zero-order valence-corrected chi connectivity index (χ0v) is 9.97. The number of aliphatic hydroxyl groups excluding tert-OH is 1. The van der Waals surface area contributed by atoms with E-state index in [0.29, 0.717) is 6.04 Å². The molecule has 2 unspecified atom stereocenters. The zero-order valence-electron chi connectivity index (χ0n) is 9.97. The Hall–Kier alpha value is -0.860. The Labute approximate surface area is 97.9 Å². The molecule has 1 aromatic rings. The van der Waals surface area contributed by atoms with Crippen LogP contribution in [0.2, 0.25) is 0 Å². The smallest absolute Gasteiger partial charge is 0.0695 e. The van der Waals surface area contributed by atoms with Crippen LogP contribution in [0.5, 0.6) is 0 Å². The van der Waals surface area contributed by atoms with E-state index in [1.54, 1.807) is 0 Å². The molecule has 1 N–H and O–H groups in total. The summed E-state index contributed by atoms with van der Waals surface area (Å²) in [7, 11) is 0. The third-order valence-corrected chi connectivity index (χ3v) is 3.51. The number of piperidine rings is 1. The molecule has 0 aromatic heterocycles. The van der Waals surface area contributed by atoms with Crippen molar-refractivity contribution in [2.24, 2.45) is 0 Å². The SMILES string of the molecule is CCC1C(O)CCCN1Cc1ccccc1. The van der Waals surface area contributed by atoms with E-state index in [-0.39, 0.29) is 6.10 Å². The molecule has 1 aliphatic rings. The third kappa shape index (κ3) is 2.63. The second kappa shape index (κ2) is 5.46. The third-order valence-electron chi connectivity index (χ3n) is 3.51. The van der Waals surface area contributed by atoms with E-state index in [0.717, 1.165) is 32.4 Å². The second-order valence-electron chi connectivity index (χ2n) is 4.64. The Morgan fingerprint density at radius 2 is 2.06 bits per heavy atom. The molecule has 0 bridgehead atoms. The van der Waals surface area contributed by atoms with Crippen molar-refractivity contribution in [1.82, 2.24) is 4.90 Å². The summed E-state index contributed by atoms with van der Waals surface area (Å²) in [5, 5.41) is 9.98. The summed E-state index contributed by atoms with van der Waals surface area (Å²) >= 11 is 0. The molecule has 1 heterocycles. The molecule has 2 rings (SSSR count). The van der Waals surface area contributed by atoms with Crippen LogP contribution in [0.3, 0.4) is 0 Å². The minimum atomic E-state index is -0.137. The van der Waals surface area contributed by atoms with Crippen LogP contribution in [-0.2, 0) is 6.54 Å². The average molecular weight is 219 g/mol. The number of benzene rings is 1.